The van der Waals surface area contributed by atoms with Crippen LogP contribution in [0.2, 0.25) is 0 Å². The van der Waals surface area contributed by atoms with Crippen LogP contribution in [0.3, 0.4) is 0 Å². The smallest absolute Gasteiger partial charge is 0.248 e. The Hall–Kier alpha value is -3.61. The third-order valence-electron chi connectivity index (χ3n) is 7.89. The molecule has 4 rings (SSSR count). The second kappa shape index (κ2) is 14.7. The van der Waals surface area contributed by atoms with Gasteiger partial charge in [-0.15, -0.1) is 0 Å². The van der Waals surface area contributed by atoms with Gasteiger partial charge in [-0.1, -0.05) is 32.0 Å². The molecule has 3 heterocycles. The molecular formula is C30H42N6O6S. The highest BCUT2D eigenvalue weighted by atomic mass is 32.2. The number of carbonyl (C=O) groups is 4. The van der Waals surface area contributed by atoms with Gasteiger partial charge in [0.1, 0.15) is 11.9 Å². The van der Waals surface area contributed by atoms with Gasteiger partial charge in [0, 0.05) is 69.2 Å². The van der Waals surface area contributed by atoms with Crippen molar-refractivity contribution in [1.82, 2.24) is 19.8 Å². The highest BCUT2D eigenvalue weighted by Gasteiger charge is 2.36. The molecular weight excluding hydrogens is 572 g/mol. The number of likely N-dealkylation sites (tertiary alicyclic amines) is 1. The van der Waals surface area contributed by atoms with Gasteiger partial charge in [0.05, 0.1) is 19.7 Å². The number of methoxy groups -OCH3 is 2. The fourth-order valence-corrected chi connectivity index (χ4v) is 6.05. The van der Waals surface area contributed by atoms with Crippen LogP contribution in [0.5, 0.6) is 11.5 Å². The van der Waals surface area contributed by atoms with Crippen LogP contribution in [0.4, 0.5) is 11.8 Å². The van der Waals surface area contributed by atoms with Crippen molar-refractivity contribution in [2.24, 2.45) is 5.92 Å². The molecule has 0 saturated carbocycles. The number of benzene rings is 1. The second-order valence-corrected chi connectivity index (χ2v) is 12.1. The van der Waals surface area contributed by atoms with Crippen LogP contribution >= 0.6 is 11.8 Å². The molecule has 2 unspecified atom stereocenters. The molecule has 1 aromatic heterocycles. The van der Waals surface area contributed by atoms with Crippen LogP contribution in [0.25, 0.3) is 10.9 Å². The van der Waals surface area contributed by atoms with Crippen LogP contribution in [-0.4, -0.2) is 101 Å². The molecule has 12 nitrogen and oxygen atoms in total. The number of rotatable bonds is 11. The fourth-order valence-electron chi connectivity index (χ4n) is 5.42. The second-order valence-electron chi connectivity index (χ2n) is 11.0. The first-order chi connectivity index (χ1) is 20.7. The van der Waals surface area contributed by atoms with Crippen molar-refractivity contribution in [3.8, 4) is 11.5 Å². The number of carbonyl (C=O) groups excluding carboxylic acids is 4. The van der Waals surface area contributed by atoms with Crippen molar-refractivity contribution in [3.63, 3.8) is 0 Å². The van der Waals surface area contributed by atoms with Gasteiger partial charge in [0.2, 0.25) is 23.7 Å². The predicted octanol–water partition coefficient (Wildman–Crippen LogP) is 3.33. The van der Waals surface area contributed by atoms with Crippen molar-refractivity contribution in [2.45, 2.75) is 58.9 Å². The van der Waals surface area contributed by atoms with Crippen molar-refractivity contribution in [1.29, 1.82) is 0 Å². The average molecular weight is 615 g/mol. The summed E-state index contributed by atoms with van der Waals surface area (Å²) in [5.41, 5.74) is 0.564. The third-order valence-corrected chi connectivity index (χ3v) is 8.96. The van der Waals surface area contributed by atoms with E-state index < -0.39 is 12.0 Å². The summed E-state index contributed by atoms with van der Waals surface area (Å²) in [5.74, 6) is 1.38. The van der Waals surface area contributed by atoms with Crippen LogP contribution in [0, 0.1) is 5.92 Å². The number of ether oxygens (including phenoxy) is 2. The van der Waals surface area contributed by atoms with E-state index in [1.807, 2.05) is 9.80 Å². The molecule has 3 amide bonds. The molecule has 0 spiro atoms. The summed E-state index contributed by atoms with van der Waals surface area (Å²) in [7, 11) is 3.08. The number of hydrogen-bond donors (Lipinski definition) is 1. The van der Waals surface area contributed by atoms with E-state index in [0.29, 0.717) is 91.9 Å². The van der Waals surface area contributed by atoms with E-state index in [-0.39, 0.29) is 22.8 Å². The van der Waals surface area contributed by atoms with Crippen molar-refractivity contribution < 1.29 is 28.7 Å². The summed E-state index contributed by atoms with van der Waals surface area (Å²) in [6, 6.07) is 2.83. The van der Waals surface area contributed by atoms with E-state index in [1.54, 1.807) is 31.1 Å². The van der Waals surface area contributed by atoms with E-state index in [0.717, 1.165) is 24.6 Å². The van der Waals surface area contributed by atoms with Gasteiger partial charge >= 0.3 is 0 Å². The minimum Gasteiger partial charge on any atom is -0.493 e. The molecule has 234 valence electrons. The number of unbranched alkanes of at least 4 members (excludes halogenated alkanes) is 1. The van der Waals surface area contributed by atoms with Crippen LogP contribution in [0.1, 0.15) is 52.9 Å². The zero-order chi connectivity index (χ0) is 31.1. The average Bonchev–Trinajstić information content (AvgIpc) is 3.51. The zero-order valence-corrected chi connectivity index (χ0v) is 26.5. The Labute approximate surface area is 256 Å². The van der Waals surface area contributed by atoms with Crippen molar-refractivity contribution in [2.75, 3.05) is 62.9 Å². The largest absolute Gasteiger partial charge is 0.493 e. The third kappa shape index (κ3) is 7.67. The molecule has 2 aliphatic rings. The predicted molar refractivity (Wildman–Crippen MR) is 167 cm³/mol. The SMILES string of the molecule is CCCCC(=O)N1CCN(c2nc(NC(=O)C3CCCN3C(=O)C(C)CSC(C)=O)c3cc(OC)c(OC)cc3n2)CC1. The van der Waals surface area contributed by atoms with Gasteiger partial charge in [0.15, 0.2) is 16.6 Å². The van der Waals surface area contributed by atoms with Crippen LogP contribution in [0.15, 0.2) is 12.1 Å². The summed E-state index contributed by atoms with van der Waals surface area (Å²) in [4.78, 5) is 65.9. The minimum absolute atomic E-state index is 0.0432. The van der Waals surface area contributed by atoms with Gasteiger partial charge in [-0.25, -0.2) is 4.98 Å². The van der Waals surface area contributed by atoms with Gasteiger partial charge in [-0.3, -0.25) is 19.2 Å². The topological polar surface area (TPSA) is 134 Å². The lowest BCUT2D eigenvalue weighted by Crippen LogP contribution is -2.49. The van der Waals surface area contributed by atoms with E-state index in [4.69, 9.17) is 19.4 Å². The lowest BCUT2D eigenvalue weighted by molar-refractivity contribution is -0.139. The summed E-state index contributed by atoms with van der Waals surface area (Å²) < 4.78 is 11.0. The van der Waals surface area contributed by atoms with Gasteiger partial charge < -0.3 is 29.5 Å². The molecule has 2 fully saturated rings. The Morgan fingerprint density at radius 1 is 1.05 bits per heavy atom. The van der Waals surface area contributed by atoms with Gasteiger partial charge in [0.25, 0.3) is 0 Å². The molecule has 13 heteroatoms. The number of nitrogens with zero attached hydrogens (tertiary/aromatic N) is 5. The maximum Gasteiger partial charge on any atom is 0.248 e. The summed E-state index contributed by atoms with van der Waals surface area (Å²) in [6.45, 7) is 8.07. The normalized spacial score (nSPS) is 17.6. The highest BCUT2D eigenvalue weighted by molar-refractivity contribution is 8.13. The number of fused-ring (bicyclic) bond motifs is 1. The van der Waals surface area contributed by atoms with Crippen LogP contribution < -0.4 is 19.7 Å². The molecule has 0 aliphatic carbocycles. The maximum atomic E-state index is 13.7. The highest BCUT2D eigenvalue weighted by Crippen LogP contribution is 2.35. The van der Waals surface area contributed by atoms with Crippen molar-refractivity contribution >= 4 is 57.3 Å². The first-order valence-electron chi connectivity index (χ1n) is 14.9. The summed E-state index contributed by atoms with van der Waals surface area (Å²) in [5, 5.41) is 3.52. The van der Waals surface area contributed by atoms with E-state index >= 15 is 0 Å². The van der Waals surface area contributed by atoms with Crippen molar-refractivity contribution in [3.05, 3.63) is 12.1 Å². The van der Waals surface area contributed by atoms with Gasteiger partial charge in [-0.2, -0.15) is 4.98 Å². The molecule has 43 heavy (non-hydrogen) atoms. The summed E-state index contributed by atoms with van der Waals surface area (Å²) >= 11 is 1.11. The molecule has 0 radical (unpaired) electrons. The first-order valence-corrected chi connectivity index (χ1v) is 15.9. The number of nitrogens with one attached hydrogen (secondary N) is 1. The van der Waals surface area contributed by atoms with E-state index in [1.165, 1.54) is 14.0 Å². The Kier molecular flexibility index (Phi) is 11.1. The monoisotopic (exact) mass is 614 g/mol. The number of piperazine rings is 1. The lowest BCUT2D eigenvalue weighted by atomic mass is 10.1. The molecule has 2 saturated heterocycles. The molecule has 2 atom stereocenters. The zero-order valence-electron chi connectivity index (χ0n) is 25.7. The molecule has 2 aromatic rings. The maximum absolute atomic E-state index is 13.7. The van der Waals surface area contributed by atoms with E-state index in [2.05, 4.69) is 12.2 Å². The lowest BCUT2D eigenvalue weighted by Gasteiger charge is -2.35. The number of thioether (sulfide) groups is 1. The van der Waals surface area contributed by atoms with E-state index in [9.17, 15) is 19.2 Å². The number of aromatic nitrogens is 2. The molecule has 2 aliphatic heterocycles. The first kappa shape index (κ1) is 32.3. The Bertz CT molecular complexity index is 1350. The molecule has 1 N–H and O–H groups in total. The summed E-state index contributed by atoms with van der Waals surface area (Å²) in [6.07, 6.45) is 3.64. The quantitative estimate of drug-likeness (QED) is 0.402. The number of amides is 3. The molecule has 1 aromatic carbocycles. The number of hydrogen-bond acceptors (Lipinski definition) is 10. The Balaban J connectivity index is 1.59. The van der Waals surface area contributed by atoms with Gasteiger partial charge in [-0.05, 0) is 25.3 Å². The Morgan fingerprint density at radius 3 is 2.40 bits per heavy atom. The Morgan fingerprint density at radius 2 is 1.74 bits per heavy atom. The molecule has 0 bridgehead atoms. The standard InChI is InChI=1S/C30H42N6O6S/c1-6-7-10-26(38)34-12-14-35(15-13-34)30-31-22-17-25(42-5)24(41-4)16-21(22)27(33-30)32-28(39)23-9-8-11-36(23)29(40)19(2)18-43-20(3)37/h16-17,19,23H,6-15,18H2,1-5H3,(H,31,32,33,39). The minimum atomic E-state index is -0.649. The number of anilines is 2. The fraction of sp³-hybridized carbons (Fsp3) is 0.600. The van der Waals surface area contributed by atoms with Crippen LogP contribution in [-0.2, 0) is 19.2 Å².